The molecule has 0 aliphatic heterocycles. The highest BCUT2D eigenvalue weighted by Gasteiger charge is 2.26. The Morgan fingerprint density at radius 2 is 2.42 bits per heavy atom. The molecule has 1 aliphatic carbocycles. The van der Waals surface area contributed by atoms with E-state index >= 15 is 0 Å². The molecule has 1 fully saturated rings. The molecule has 1 aromatic heterocycles. The zero-order chi connectivity index (χ0) is 8.39. The summed E-state index contributed by atoms with van der Waals surface area (Å²) in [6.07, 6.45) is 5.60. The molecule has 2 N–H and O–H groups in total. The van der Waals surface area contributed by atoms with Crippen LogP contribution in [-0.4, -0.2) is 21.5 Å². The molecule has 12 heavy (non-hydrogen) atoms. The normalized spacial score (nSPS) is 16.8. The molecule has 1 heterocycles. The van der Waals surface area contributed by atoms with Crippen molar-refractivity contribution in [3.05, 3.63) is 11.9 Å². The van der Waals surface area contributed by atoms with Crippen molar-refractivity contribution >= 4 is 0 Å². The van der Waals surface area contributed by atoms with Gasteiger partial charge in [-0.15, -0.1) is 5.10 Å². The third kappa shape index (κ3) is 1.64. The minimum atomic E-state index is 0.705. The fourth-order valence-electron chi connectivity index (χ4n) is 1.24. The Balaban J connectivity index is 1.93. The topological polar surface area (TPSA) is 56.7 Å². The maximum Gasteiger partial charge on any atom is 0.0857 e. The number of hydrogen-bond donors (Lipinski definition) is 1. The maximum absolute atomic E-state index is 5.39. The Morgan fingerprint density at radius 3 is 3.08 bits per heavy atom. The van der Waals surface area contributed by atoms with Crippen LogP contribution in [0.4, 0.5) is 0 Å². The predicted molar refractivity (Wildman–Crippen MR) is 45.7 cm³/mol. The first-order chi connectivity index (χ1) is 5.90. The number of aryl methyl sites for hydroxylation is 1. The van der Waals surface area contributed by atoms with E-state index in [1.165, 1.54) is 12.8 Å². The molecule has 1 aromatic rings. The van der Waals surface area contributed by atoms with Crippen molar-refractivity contribution in [2.75, 3.05) is 6.54 Å². The molecule has 4 heteroatoms. The first-order valence-electron chi connectivity index (χ1n) is 4.50. The minimum Gasteiger partial charge on any atom is -0.330 e. The molecule has 66 valence electrons. The summed E-state index contributed by atoms with van der Waals surface area (Å²) >= 11 is 0. The van der Waals surface area contributed by atoms with Gasteiger partial charge in [-0.1, -0.05) is 5.21 Å². The Hall–Kier alpha value is -0.900. The van der Waals surface area contributed by atoms with Gasteiger partial charge in [-0.3, -0.25) is 4.68 Å². The summed E-state index contributed by atoms with van der Waals surface area (Å²) in [7, 11) is 0. The molecule has 0 atom stereocenters. The van der Waals surface area contributed by atoms with Gasteiger partial charge >= 0.3 is 0 Å². The second-order valence-electron chi connectivity index (χ2n) is 3.32. The zero-order valence-electron chi connectivity index (χ0n) is 7.11. The van der Waals surface area contributed by atoms with Gasteiger partial charge in [0.05, 0.1) is 5.69 Å². The number of rotatable bonds is 4. The maximum atomic E-state index is 5.39. The molecule has 0 radical (unpaired) electrons. The van der Waals surface area contributed by atoms with Gasteiger partial charge in [0.15, 0.2) is 0 Å². The monoisotopic (exact) mass is 166 g/mol. The van der Waals surface area contributed by atoms with Gasteiger partial charge < -0.3 is 5.73 Å². The molecule has 0 spiro atoms. The summed E-state index contributed by atoms with van der Waals surface area (Å²) in [4.78, 5) is 0. The smallest absolute Gasteiger partial charge is 0.0857 e. The Morgan fingerprint density at radius 1 is 1.58 bits per heavy atom. The molecule has 0 unspecified atom stereocenters. The van der Waals surface area contributed by atoms with Gasteiger partial charge in [0.2, 0.25) is 0 Å². The fourth-order valence-corrected chi connectivity index (χ4v) is 1.24. The van der Waals surface area contributed by atoms with Crippen LogP contribution in [0.5, 0.6) is 0 Å². The molecule has 1 saturated carbocycles. The molecule has 2 rings (SSSR count). The van der Waals surface area contributed by atoms with E-state index in [0.29, 0.717) is 5.92 Å². The van der Waals surface area contributed by atoms with Gasteiger partial charge in [0.1, 0.15) is 0 Å². The second-order valence-corrected chi connectivity index (χ2v) is 3.32. The number of aromatic nitrogens is 3. The van der Waals surface area contributed by atoms with Crippen LogP contribution in [0, 0.1) is 0 Å². The molecular formula is C8H14N4. The summed E-state index contributed by atoms with van der Waals surface area (Å²) < 4.78 is 1.89. The summed E-state index contributed by atoms with van der Waals surface area (Å²) in [6.45, 7) is 1.62. The van der Waals surface area contributed by atoms with Crippen LogP contribution in [0.3, 0.4) is 0 Å². The van der Waals surface area contributed by atoms with Crippen LogP contribution in [0.2, 0.25) is 0 Å². The van der Waals surface area contributed by atoms with Crippen LogP contribution in [0.15, 0.2) is 6.20 Å². The largest absolute Gasteiger partial charge is 0.330 e. The molecular weight excluding hydrogens is 152 g/mol. The molecule has 0 aromatic carbocycles. The minimum absolute atomic E-state index is 0.705. The van der Waals surface area contributed by atoms with Crippen LogP contribution in [0.25, 0.3) is 0 Å². The highest BCUT2D eigenvalue weighted by Crippen LogP contribution is 2.38. The lowest BCUT2D eigenvalue weighted by atomic mass is 10.3. The van der Waals surface area contributed by atoms with Crippen LogP contribution >= 0.6 is 0 Å². The highest BCUT2D eigenvalue weighted by molar-refractivity contribution is 5.08. The number of nitrogens with zero attached hydrogens (tertiary/aromatic N) is 3. The number of nitrogens with two attached hydrogens (primary N) is 1. The molecule has 0 amide bonds. The summed E-state index contributed by atoms with van der Waals surface area (Å²) in [5.74, 6) is 0.705. The van der Waals surface area contributed by atoms with E-state index in [-0.39, 0.29) is 0 Å². The SMILES string of the molecule is NCCCn1cc(C2CC2)nn1. The lowest BCUT2D eigenvalue weighted by molar-refractivity contribution is 0.564. The molecule has 0 bridgehead atoms. The van der Waals surface area contributed by atoms with E-state index in [1.807, 2.05) is 10.9 Å². The van der Waals surface area contributed by atoms with Gasteiger partial charge in [-0.25, -0.2) is 0 Å². The average molecular weight is 166 g/mol. The van der Waals surface area contributed by atoms with Crippen molar-refractivity contribution in [1.29, 1.82) is 0 Å². The summed E-state index contributed by atoms with van der Waals surface area (Å²) in [6, 6.07) is 0. The lowest BCUT2D eigenvalue weighted by Gasteiger charge is -1.95. The van der Waals surface area contributed by atoms with Crippen LogP contribution in [-0.2, 0) is 6.54 Å². The van der Waals surface area contributed by atoms with E-state index < -0.39 is 0 Å². The van der Waals surface area contributed by atoms with Crippen molar-refractivity contribution in [2.24, 2.45) is 5.73 Å². The van der Waals surface area contributed by atoms with E-state index in [1.54, 1.807) is 0 Å². The van der Waals surface area contributed by atoms with Crippen molar-refractivity contribution in [1.82, 2.24) is 15.0 Å². The Bertz CT molecular complexity index is 251. The lowest BCUT2D eigenvalue weighted by Crippen LogP contribution is -2.06. The fraction of sp³-hybridized carbons (Fsp3) is 0.750. The first-order valence-corrected chi connectivity index (χ1v) is 4.50. The van der Waals surface area contributed by atoms with Gasteiger partial charge in [-0.2, -0.15) is 0 Å². The third-order valence-electron chi connectivity index (χ3n) is 2.14. The third-order valence-corrected chi connectivity index (χ3v) is 2.14. The first kappa shape index (κ1) is 7.73. The van der Waals surface area contributed by atoms with Gasteiger partial charge in [0.25, 0.3) is 0 Å². The zero-order valence-corrected chi connectivity index (χ0v) is 7.11. The van der Waals surface area contributed by atoms with Crippen molar-refractivity contribution < 1.29 is 0 Å². The second kappa shape index (κ2) is 3.23. The molecule has 4 nitrogen and oxygen atoms in total. The van der Waals surface area contributed by atoms with Gasteiger partial charge in [0, 0.05) is 18.7 Å². The molecule has 1 aliphatic rings. The summed E-state index contributed by atoms with van der Waals surface area (Å²) in [5.41, 5.74) is 6.55. The Kier molecular flexibility index (Phi) is 2.08. The van der Waals surface area contributed by atoms with Crippen molar-refractivity contribution in [3.8, 4) is 0 Å². The standard InChI is InChI=1S/C8H14N4/c9-4-1-5-12-6-8(10-11-12)7-2-3-7/h6-7H,1-5,9H2. The van der Waals surface area contributed by atoms with E-state index in [9.17, 15) is 0 Å². The Labute approximate surface area is 71.8 Å². The predicted octanol–water partition coefficient (Wildman–Crippen LogP) is 0.504. The van der Waals surface area contributed by atoms with Gasteiger partial charge in [-0.05, 0) is 25.8 Å². The summed E-state index contributed by atoms with van der Waals surface area (Å²) in [5, 5.41) is 8.13. The quantitative estimate of drug-likeness (QED) is 0.708. The van der Waals surface area contributed by atoms with Crippen LogP contribution in [0.1, 0.15) is 30.9 Å². The van der Waals surface area contributed by atoms with Crippen molar-refractivity contribution in [3.63, 3.8) is 0 Å². The van der Waals surface area contributed by atoms with Crippen LogP contribution < -0.4 is 5.73 Å². The van der Waals surface area contributed by atoms with E-state index in [4.69, 9.17) is 5.73 Å². The highest BCUT2D eigenvalue weighted by atomic mass is 15.4. The van der Waals surface area contributed by atoms with E-state index in [0.717, 1.165) is 25.2 Å². The number of hydrogen-bond acceptors (Lipinski definition) is 3. The van der Waals surface area contributed by atoms with E-state index in [2.05, 4.69) is 10.3 Å². The average Bonchev–Trinajstić information content (AvgIpc) is 2.83. The van der Waals surface area contributed by atoms with Crippen molar-refractivity contribution in [2.45, 2.75) is 31.7 Å². The molecule has 0 saturated heterocycles.